The predicted molar refractivity (Wildman–Crippen MR) is 85.8 cm³/mol. The van der Waals surface area contributed by atoms with Gasteiger partial charge in [-0.25, -0.2) is 9.37 Å². The van der Waals surface area contributed by atoms with Crippen LogP contribution in [-0.4, -0.2) is 35.1 Å². The molecular weight excluding hydrogens is 297 g/mol. The van der Waals surface area contributed by atoms with Gasteiger partial charge in [0.1, 0.15) is 11.3 Å². The van der Waals surface area contributed by atoms with Gasteiger partial charge in [0.2, 0.25) is 0 Å². The first-order chi connectivity index (χ1) is 11.1. The van der Waals surface area contributed by atoms with Crippen LogP contribution in [0.5, 0.6) is 0 Å². The van der Waals surface area contributed by atoms with E-state index in [2.05, 4.69) is 22.2 Å². The van der Waals surface area contributed by atoms with Crippen LogP contribution in [0.4, 0.5) is 4.39 Å². The molecule has 0 bridgehead atoms. The van der Waals surface area contributed by atoms with E-state index in [-0.39, 0.29) is 17.6 Å². The lowest BCUT2D eigenvalue weighted by Crippen LogP contribution is -2.32. The number of rotatable bonds is 5. The summed E-state index contributed by atoms with van der Waals surface area (Å²) in [7, 11) is 0. The number of carbonyl (C=O) groups excluding carboxylic acids is 1. The average Bonchev–Trinajstić information content (AvgIpc) is 3.00. The van der Waals surface area contributed by atoms with Crippen molar-refractivity contribution in [2.45, 2.75) is 38.7 Å². The van der Waals surface area contributed by atoms with E-state index in [1.54, 1.807) is 0 Å². The number of hydrogen-bond acceptors (Lipinski definition) is 3. The highest BCUT2D eigenvalue weighted by Gasteiger charge is 2.21. The fourth-order valence-corrected chi connectivity index (χ4v) is 3.19. The third-order valence-electron chi connectivity index (χ3n) is 4.49. The summed E-state index contributed by atoms with van der Waals surface area (Å²) < 4.78 is 19.4. The zero-order chi connectivity index (χ0) is 16.2. The molecule has 2 atom stereocenters. The smallest absolute Gasteiger partial charge is 0.253 e. The minimum Gasteiger partial charge on any atom is -0.376 e. The van der Waals surface area contributed by atoms with Gasteiger partial charge in [0, 0.05) is 6.54 Å². The molecule has 23 heavy (non-hydrogen) atoms. The summed E-state index contributed by atoms with van der Waals surface area (Å²) in [4.78, 5) is 19.1. The summed E-state index contributed by atoms with van der Waals surface area (Å²) in [5, 5.41) is 2.78. The molecule has 1 saturated carbocycles. The molecule has 0 saturated heterocycles. The predicted octanol–water partition coefficient (Wildman–Crippen LogP) is 3.03. The molecule has 0 unspecified atom stereocenters. The number of ether oxygens (including phenoxy) is 1. The molecular formula is C17H22FN3O2. The van der Waals surface area contributed by atoms with Crippen molar-refractivity contribution >= 4 is 16.9 Å². The molecule has 0 spiro atoms. The van der Waals surface area contributed by atoms with Crippen LogP contribution >= 0.6 is 0 Å². The van der Waals surface area contributed by atoms with Crippen molar-refractivity contribution in [3.05, 3.63) is 29.8 Å². The van der Waals surface area contributed by atoms with E-state index in [1.807, 2.05) is 0 Å². The minimum absolute atomic E-state index is 0.243. The third-order valence-corrected chi connectivity index (χ3v) is 4.49. The standard InChI is InChI=1S/C17H22FN3O2/c1-11-4-2-3-5-15(11)23-7-6-19-17(22)13-8-12(18)9-14-16(13)21-10-20-14/h8-11,15H,2-7H2,1H3,(H,19,22)(H,20,21)/t11-,15+/m1/s1. The number of halogens is 1. The van der Waals surface area contributed by atoms with Crippen LogP contribution in [0.25, 0.3) is 11.0 Å². The Morgan fingerprint density at radius 1 is 1.43 bits per heavy atom. The zero-order valence-electron chi connectivity index (χ0n) is 13.3. The lowest BCUT2D eigenvalue weighted by molar-refractivity contribution is -0.00293. The Kier molecular flexibility index (Phi) is 4.91. The second-order valence-corrected chi connectivity index (χ2v) is 6.18. The van der Waals surface area contributed by atoms with Gasteiger partial charge in [-0.2, -0.15) is 0 Å². The van der Waals surface area contributed by atoms with E-state index >= 15 is 0 Å². The maximum absolute atomic E-state index is 13.6. The van der Waals surface area contributed by atoms with Crippen molar-refractivity contribution in [1.29, 1.82) is 0 Å². The van der Waals surface area contributed by atoms with E-state index in [4.69, 9.17) is 4.74 Å². The van der Waals surface area contributed by atoms with Crippen molar-refractivity contribution in [1.82, 2.24) is 15.3 Å². The number of H-pyrrole nitrogens is 1. The first-order valence-corrected chi connectivity index (χ1v) is 8.17. The summed E-state index contributed by atoms with van der Waals surface area (Å²) in [6, 6.07) is 2.54. The highest BCUT2D eigenvalue weighted by atomic mass is 19.1. The molecule has 1 aliphatic carbocycles. The van der Waals surface area contributed by atoms with Crippen LogP contribution in [-0.2, 0) is 4.74 Å². The van der Waals surface area contributed by atoms with Crippen molar-refractivity contribution in [2.24, 2.45) is 5.92 Å². The maximum Gasteiger partial charge on any atom is 0.253 e. The number of aromatic nitrogens is 2. The number of nitrogens with zero attached hydrogens (tertiary/aromatic N) is 1. The zero-order valence-corrected chi connectivity index (χ0v) is 13.3. The van der Waals surface area contributed by atoms with Gasteiger partial charge in [-0.05, 0) is 30.9 Å². The average molecular weight is 319 g/mol. The monoisotopic (exact) mass is 319 g/mol. The number of hydrogen-bond donors (Lipinski definition) is 2. The first kappa shape index (κ1) is 15.9. The van der Waals surface area contributed by atoms with Crippen LogP contribution in [0.2, 0.25) is 0 Å². The molecule has 1 aliphatic rings. The van der Waals surface area contributed by atoms with Crippen LogP contribution in [0.3, 0.4) is 0 Å². The minimum atomic E-state index is -0.459. The number of benzene rings is 1. The maximum atomic E-state index is 13.6. The lowest BCUT2D eigenvalue weighted by Gasteiger charge is -2.28. The topological polar surface area (TPSA) is 67.0 Å². The number of fused-ring (bicyclic) bond motifs is 1. The molecule has 1 fully saturated rings. The fraction of sp³-hybridized carbons (Fsp3) is 0.529. The molecule has 1 amide bonds. The highest BCUT2D eigenvalue weighted by Crippen LogP contribution is 2.26. The number of nitrogens with one attached hydrogen (secondary N) is 2. The van der Waals surface area contributed by atoms with E-state index in [9.17, 15) is 9.18 Å². The molecule has 1 heterocycles. The van der Waals surface area contributed by atoms with Gasteiger partial charge in [0.25, 0.3) is 5.91 Å². The third kappa shape index (κ3) is 3.69. The van der Waals surface area contributed by atoms with Crippen molar-refractivity contribution < 1.29 is 13.9 Å². The van der Waals surface area contributed by atoms with Gasteiger partial charge in [0.05, 0.1) is 30.1 Å². The Morgan fingerprint density at radius 3 is 3.09 bits per heavy atom. The fourth-order valence-electron chi connectivity index (χ4n) is 3.19. The molecule has 1 aromatic heterocycles. The molecule has 5 nitrogen and oxygen atoms in total. The highest BCUT2D eigenvalue weighted by molar-refractivity contribution is 6.04. The summed E-state index contributed by atoms with van der Waals surface area (Å²) in [6.45, 7) is 3.09. The van der Waals surface area contributed by atoms with Crippen LogP contribution in [0.1, 0.15) is 43.0 Å². The van der Waals surface area contributed by atoms with Crippen molar-refractivity contribution in [3.8, 4) is 0 Å². The Hall–Kier alpha value is -1.95. The molecule has 2 aromatic rings. The molecule has 0 radical (unpaired) electrons. The van der Waals surface area contributed by atoms with Gasteiger partial charge < -0.3 is 15.0 Å². The number of imidazole rings is 1. The normalized spacial score (nSPS) is 21.5. The quantitative estimate of drug-likeness (QED) is 0.833. The van der Waals surface area contributed by atoms with E-state index in [0.717, 1.165) is 6.42 Å². The van der Waals surface area contributed by atoms with Gasteiger partial charge >= 0.3 is 0 Å². The van der Waals surface area contributed by atoms with Gasteiger partial charge in [0.15, 0.2) is 0 Å². The number of aromatic amines is 1. The van der Waals surface area contributed by atoms with Gasteiger partial charge in [-0.1, -0.05) is 19.8 Å². The molecule has 124 valence electrons. The summed E-state index contributed by atoms with van der Waals surface area (Å²) in [6.07, 6.45) is 6.52. The Morgan fingerprint density at radius 2 is 2.26 bits per heavy atom. The molecule has 3 rings (SSSR count). The Bertz CT molecular complexity index is 686. The summed E-state index contributed by atoms with van der Waals surface area (Å²) in [5.41, 5.74) is 1.24. The first-order valence-electron chi connectivity index (χ1n) is 8.17. The Balaban J connectivity index is 1.53. The Labute approximate surface area is 134 Å². The van der Waals surface area contributed by atoms with Crippen LogP contribution < -0.4 is 5.32 Å². The SMILES string of the molecule is C[C@@H]1CCCC[C@@H]1OCCNC(=O)c1cc(F)cc2[nH]cnc12. The number of amides is 1. The summed E-state index contributed by atoms with van der Waals surface area (Å²) in [5.74, 6) is -0.215. The van der Waals surface area contributed by atoms with Crippen molar-refractivity contribution in [2.75, 3.05) is 13.2 Å². The molecule has 6 heteroatoms. The largest absolute Gasteiger partial charge is 0.376 e. The molecule has 2 N–H and O–H groups in total. The second-order valence-electron chi connectivity index (χ2n) is 6.18. The van der Waals surface area contributed by atoms with Gasteiger partial charge in [-0.15, -0.1) is 0 Å². The van der Waals surface area contributed by atoms with Gasteiger partial charge in [-0.3, -0.25) is 4.79 Å². The number of carbonyl (C=O) groups is 1. The molecule has 1 aromatic carbocycles. The van der Waals surface area contributed by atoms with E-state index < -0.39 is 5.82 Å². The lowest BCUT2D eigenvalue weighted by atomic mass is 9.88. The second kappa shape index (κ2) is 7.08. The van der Waals surface area contributed by atoms with Crippen molar-refractivity contribution in [3.63, 3.8) is 0 Å². The van der Waals surface area contributed by atoms with Crippen LogP contribution in [0, 0.1) is 11.7 Å². The summed E-state index contributed by atoms with van der Waals surface area (Å²) >= 11 is 0. The van der Waals surface area contributed by atoms with E-state index in [0.29, 0.717) is 30.1 Å². The molecule has 0 aliphatic heterocycles. The van der Waals surface area contributed by atoms with Crippen LogP contribution in [0.15, 0.2) is 18.5 Å². The van der Waals surface area contributed by atoms with E-state index in [1.165, 1.54) is 37.7 Å².